The Morgan fingerprint density at radius 1 is 1.26 bits per heavy atom. The maximum atomic E-state index is 12.8. The molecule has 2 aliphatic rings. The second-order valence-corrected chi connectivity index (χ2v) is 6.06. The minimum absolute atomic E-state index is 0.0163. The zero-order chi connectivity index (χ0) is 16.6. The third-order valence-corrected chi connectivity index (χ3v) is 4.61. The molecule has 2 heterocycles. The SMILES string of the molecule is CC1C(c2ncco2)=NC(N)=CN1[C@H]1CC[C@H](C(F)(F)F)CC1. The van der Waals surface area contributed by atoms with E-state index >= 15 is 0 Å². The lowest BCUT2D eigenvalue weighted by Gasteiger charge is -2.41. The lowest BCUT2D eigenvalue weighted by molar-refractivity contribution is -0.184. The molecule has 5 nitrogen and oxygen atoms in total. The summed E-state index contributed by atoms with van der Waals surface area (Å²) in [5, 5.41) is 0. The highest BCUT2D eigenvalue weighted by Gasteiger charge is 2.43. The quantitative estimate of drug-likeness (QED) is 0.906. The summed E-state index contributed by atoms with van der Waals surface area (Å²) in [4.78, 5) is 10.4. The van der Waals surface area contributed by atoms with Crippen molar-refractivity contribution in [3.8, 4) is 0 Å². The monoisotopic (exact) mass is 328 g/mol. The van der Waals surface area contributed by atoms with Crippen molar-refractivity contribution in [2.45, 2.75) is 50.9 Å². The molecule has 0 spiro atoms. The van der Waals surface area contributed by atoms with Gasteiger partial charge < -0.3 is 15.1 Å². The number of aliphatic imine (C=N–C) groups is 1. The van der Waals surface area contributed by atoms with E-state index in [4.69, 9.17) is 10.2 Å². The van der Waals surface area contributed by atoms with Crippen molar-refractivity contribution in [2.24, 2.45) is 16.6 Å². The van der Waals surface area contributed by atoms with Gasteiger partial charge in [-0.25, -0.2) is 9.98 Å². The number of rotatable bonds is 2. The molecule has 23 heavy (non-hydrogen) atoms. The van der Waals surface area contributed by atoms with Crippen LogP contribution in [0.5, 0.6) is 0 Å². The van der Waals surface area contributed by atoms with Crippen LogP contribution in [0.25, 0.3) is 0 Å². The number of alkyl halides is 3. The van der Waals surface area contributed by atoms with E-state index in [-0.39, 0.29) is 24.9 Å². The van der Waals surface area contributed by atoms with Crippen molar-refractivity contribution < 1.29 is 17.6 Å². The molecule has 1 unspecified atom stereocenters. The van der Waals surface area contributed by atoms with Gasteiger partial charge in [0.25, 0.3) is 0 Å². The standard InChI is InChI=1S/C15H19F3N4O/c1-9-13(14-20-6-7-23-14)21-12(19)8-22(9)11-4-2-10(3-5-11)15(16,17)18/h6-11H,2-5,19H2,1H3/t9?,10-,11-. The van der Waals surface area contributed by atoms with Crippen molar-refractivity contribution in [3.05, 3.63) is 30.4 Å². The number of hydrogen-bond acceptors (Lipinski definition) is 5. The highest BCUT2D eigenvalue weighted by atomic mass is 19.4. The van der Waals surface area contributed by atoms with Crippen molar-refractivity contribution >= 4 is 5.71 Å². The van der Waals surface area contributed by atoms with Crippen molar-refractivity contribution in [1.29, 1.82) is 0 Å². The lowest BCUT2D eigenvalue weighted by Crippen LogP contribution is -2.47. The molecular weight excluding hydrogens is 309 g/mol. The van der Waals surface area contributed by atoms with E-state index in [0.717, 1.165) is 0 Å². The predicted molar refractivity (Wildman–Crippen MR) is 78.4 cm³/mol. The molecule has 0 bridgehead atoms. The van der Waals surface area contributed by atoms with E-state index in [2.05, 4.69) is 9.98 Å². The van der Waals surface area contributed by atoms with Crippen LogP contribution in [0.1, 0.15) is 38.5 Å². The van der Waals surface area contributed by atoms with Crippen LogP contribution in [-0.4, -0.2) is 33.9 Å². The zero-order valence-corrected chi connectivity index (χ0v) is 12.8. The number of nitrogens with two attached hydrogens (primary N) is 1. The molecule has 1 aromatic heterocycles. The Bertz CT molecular complexity index is 601. The van der Waals surface area contributed by atoms with Crippen LogP contribution in [0, 0.1) is 5.92 Å². The average Bonchev–Trinajstić information content (AvgIpc) is 3.02. The van der Waals surface area contributed by atoms with E-state index in [1.807, 2.05) is 11.8 Å². The Balaban J connectivity index is 1.73. The first-order valence-electron chi connectivity index (χ1n) is 7.66. The summed E-state index contributed by atoms with van der Waals surface area (Å²) in [5.41, 5.74) is 6.47. The van der Waals surface area contributed by atoms with Crippen LogP contribution in [0.15, 0.2) is 33.9 Å². The van der Waals surface area contributed by atoms with Gasteiger partial charge in [0.2, 0.25) is 5.89 Å². The van der Waals surface area contributed by atoms with Gasteiger partial charge in [-0.1, -0.05) is 0 Å². The number of halogens is 3. The van der Waals surface area contributed by atoms with Gasteiger partial charge in [0, 0.05) is 12.2 Å². The molecule has 0 amide bonds. The summed E-state index contributed by atoms with van der Waals surface area (Å²) in [6.07, 6.45) is 1.87. The molecule has 8 heteroatoms. The van der Waals surface area contributed by atoms with E-state index in [1.54, 1.807) is 6.20 Å². The Labute approximate surface area is 132 Å². The minimum Gasteiger partial charge on any atom is -0.444 e. The van der Waals surface area contributed by atoms with Gasteiger partial charge in [-0.15, -0.1) is 0 Å². The van der Waals surface area contributed by atoms with Gasteiger partial charge in [0.05, 0.1) is 18.2 Å². The Kier molecular flexibility index (Phi) is 4.08. The maximum absolute atomic E-state index is 12.8. The summed E-state index contributed by atoms with van der Waals surface area (Å²) in [6, 6.07) is -0.129. The Morgan fingerprint density at radius 2 is 1.96 bits per heavy atom. The first-order valence-corrected chi connectivity index (χ1v) is 7.66. The molecule has 1 atom stereocenters. The van der Waals surface area contributed by atoms with Crippen molar-refractivity contribution in [2.75, 3.05) is 0 Å². The molecule has 1 saturated carbocycles. The van der Waals surface area contributed by atoms with Gasteiger partial charge in [0.1, 0.15) is 17.8 Å². The molecule has 0 radical (unpaired) electrons. The van der Waals surface area contributed by atoms with Crippen LogP contribution < -0.4 is 5.73 Å². The summed E-state index contributed by atoms with van der Waals surface area (Å²) in [7, 11) is 0. The first-order chi connectivity index (χ1) is 10.9. The van der Waals surface area contributed by atoms with Gasteiger partial charge in [-0.2, -0.15) is 13.2 Å². The summed E-state index contributed by atoms with van der Waals surface area (Å²) < 4.78 is 43.7. The molecular formula is C15H19F3N4O. The van der Waals surface area contributed by atoms with Gasteiger partial charge in [-0.3, -0.25) is 0 Å². The third-order valence-electron chi connectivity index (χ3n) is 4.61. The lowest BCUT2D eigenvalue weighted by atomic mass is 9.84. The molecule has 0 saturated heterocycles. The van der Waals surface area contributed by atoms with E-state index < -0.39 is 12.1 Å². The highest BCUT2D eigenvalue weighted by molar-refractivity contribution is 6.01. The number of aromatic nitrogens is 1. The first kappa shape index (κ1) is 15.9. The molecule has 2 N–H and O–H groups in total. The summed E-state index contributed by atoms with van der Waals surface area (Å²) >= 11 is 0. The van der Waals surface area contributed by atoms with Crippen molar-refractivity contribution in [1.82, 2.24) is 9.88 Å². The van der Waals surface area contributed by atoms with Gasteiger partial charge in [0.15, 0.2) is 0 Å². The predicted octanol–water partition coefficient (Wildman–Crippen LogP) is 3.05. The second-order valence-electron chi connectivity index (χ2n) is 6.06. The van der Waals surface area contributed by atoms with Gasteiger partial charge in [-0.05, 0) is 32.6 Å². The van der Waals surface area contributed by atoms with E-state index in [9.17, 15) is 13.2 Å². The van der Waals surface area contributed by atoms with Crippen LogP contribution in [0.2, 0.25) is 0 Å². The maximum Gasteiger partial charge on any atom is 0.391 e. The van der Waals surface area contributed by atoms with Gasteiger partial charge >= 0.3 is 6.18 Å². The minimum atomic E-state index is -4.10. The summed E-state index contributed by atoms with van der Waals surface area (Å²) in [5.74, 6) is -0.489. The average molecular weight is 328 g/mol. The molecule has 0 aromatic carbocycles. The molecule has 1 aliphatic carbocycles. The normalized spacial score (nSPS) is 29.2. The number of hydrogen-bond donors (Lipinski definition) is 1. The molecule has 1 fully saturated rings. The summed E-state index contributed by atoms with van der Waals surface area (Å²) in [6.45, 7) is 1.93. The van der Waals surface area contributed by atoms with Crippen LogP contribution in [0.3, 0.4) is 0 Å². The topological polar surface area (TPSA) is 67.6 Å². The van der Waals surface area contributed by atoms with Crippen LogP contribution >= 0.6 is 0 Å². The molecule has 3 rings (SSSR count). The van der Waals surface area contributed by atoms with E-state index in [0.29, 0.717) is 30.3 Å². The number of oxazole rings is 1. The number of nitrogens with zero attached hydrogens (tertiary/aromatic N) is 3. The molecule has 1 aliphatic heterocycles. The highest BCUT2D eigenvalue weighted by Crippen LogP contribution is 2.39. The fourth-order valence-electron chi connectivity index (χ4n) is 3.37. The zero-order valence-electron chi connectivity index (χ0n) is 12.8. The van der Waals surface area contributed by atoms with Crippen LogP contribution in [-0.2, 0) is 0 Å². The van der Waals surface area contributed by atoms with Crippen LogP contribution in [0.4, 0.5) is 13.2 Å². The fraction of sp³-hybridized carbons (Fsp3) is 0.600. The van der Waals surface area contributed by atoms with E-state index in [1.165, 1.54) is 12.5 Å². The fourth-order valence-corrected chi connectivity index (χ4v) is 3.37. The largest absolute Gasteiger partial charge is 0.444 e. The molecule has 1 aromatic rings. The smallest absolute Gasteiger partial charge is 0.391 e. The third kappa shape index (κ3) is 3.20. The van der Waals surface area contributed by atoms with Crippen molar-refractivity contribution in [3.63, 3.8) is 0 Å². The Hall–Kier alpha value is -1.99. The second kappa shape index (κ2) is 5.90. The Morgan fingerprint density at radius 3 is 2.52 bits per heavy atom. The molecule has 126 valence electrons.